The molecule has 20 heavy (non-hydrogen) atoms. The summed E-state index contributed by atoms with van der Waals surface area (Å²) in [4.78, 5) is 0. The molecule has 112 valence electrons. The number of sulfone groups is 1. The van der Waals surface area contributed by atoms with Gasteiger partial charge in [0.1, 0.15) is 21.5 Å². The van der Waals surface area contributed by atoms with Crippen LogP contribution in [0.1, 0.15) is 24.5 Å². The highest BCUT2D eigenvalue weighted by Gasteiger charge is 2.24. The Balaban J connectivity index is 1.88. The van der Waals surface area contributed by atoms with Gasteiger partial charge in [0.15, 0.2) is 0 Å². The Kier molecular flexibility index (Phi) is 4.72. The van der Waals surface area contributed by atoms with Gasteiger partial charge in [-0.15, -0.1) is 0 Å². The van der Waals surface area contributed by atoms with E-state index in [-0.39, 0.29) is 29.7 Å². The number of rotatable bonds is 4. The second-order valence-electron chi connectivity index (χ2n) is 5.02. The molecule has 0 spiro atoms. The summed E-state index contributed by atoms with van der Waals surface area (Å²) in [6.45, 7) is 0.104. The molecule has 0 bridgehead atoms. The number of aliphatic hydroxyl groups excluding tert-OH is 1. The number of hydrogen-bond donors (Lipinski definition) is 2. The fourth-order valence-electron chi connectivity index (χ4n) is 2.25. The van der Waals surface area contributed by atoms with Crippen LogP contribution in [-0.4, -0.2) is 37.6 Å². The lowest BCUT2D eigenvalue weighted by Crippen LogP contribution is -2.39. The van der Waals surface area contributed by atoms with E-state index in [1.165, 1.54) is 6.07 Å². The second kappa shape index (κ2) is 6.15. The van der Waals surface area contributed by atoms with Crippen LogP contribution in [0.25, 0.3) is 0 Å². The molecule has 0 amide bonds. The van der Waals surface area contributed by atoms with Crippen LogP contribution in [0.5, 0.6) is 0 Å². The standard InChI is InChI=1S/C13H17F2NO3S/c14-9-1-2-11(12(15)7-9)13(17)8-16-10-3-5-20(18,19)6-4-10/h1-2,7,10,13,16-17H,3-6,8H2. The summed E-state index contributed by atoms with van der Waals surface area (Å²) >= 11 is 0. The highest BCUT2D eigenvalue weighted by molar-refractivity contribution is 7.91. The van der Waals surface area contributed by atoms with Gasteiger partial charge in [0.25, 0.3) is 0 Å². The van der Waals surface area contributed by atoms with Crippen LogP contribution in [0.15, 0.2) is 18.2 Å². The van der Waals surface area contributed by atoms with Crippen LogP contribution in [0, 0.1) is 11.6 Å². The highest BCUT2D eigenvalue weighted by Crippen LogP contribution is 2.18. The molecule has 2 N–H and O–H groups in total. The zero-order valence-corrected chi connectivity index (χ0v) is 11.7. The van der Waals surface area contributed by atoms with Crippen LogP contribution in [-0.2, 0) is 9.84 Å². The molecule has 1 atom stereocenters. The molecule has 1 heterocycles. The van der Waals surface area contributed by atoms with Crippen molar-refractivity contribution in [2.45, 2.75) is 25.0 Å². The summed E-state index contributed by atoms with van der Waals surface area (Å²) in [7, 11) is -2.92. The molecule has 1 aromatic carbocycles. The smallest absolute Gasteiger partial charge is 0.150 e. The average Bonchev–Trinajstić information content (AvgIpc) is 2.37. The van der Waals surface area contributed by atoms with E-state index in [0.29, 0.717) is 12.8 Å². The quantitative estimate of drug-likeness (QED) is 0.876. The van der Waals surface area contributed by atoms with Crippen molar-refractivity contribution in [1.29, 1.82) is 0 Å². The minimum Gasteiger partial charge on any atom is -0.387 e. The molecule has 7 heteroatoms. The van der Waals surface area contributed by atoms with Crippen LogP contribution in [0.3, 0.4) is 0 Å². The highest BCUT2D eigenvalue weighted by atomic mass is 32.2. The molecular formula is C13H17F2NO3S. The van der Waals surface area contributed by atoms with Gasteiger partial charge in [-0.05, 0) is 18.9 Å². The molecule has 1 aromatic rings. The molecular weight excluding hydrogens is 288 g/mol. The third-order valence-corrected chi connectivity index (χ3v) is 5.19. The van der Waals surface area contributed by atoms with Crippen LogP contribution in [0.4, 0.5) is 8.78 Å². The van der Waals surface area contributed by atoms with Crippen molar-refractivity contribution in [1.82, 2.24) is 5.32 Å². The van der Waals surface area contributed by atoms with Crippen molar-refractivity contribution < 1.29 is 22.3 Å². The first-order valence-corrected chi connectivity index (χ1v) is 8.26. The molecule has 1 saturated heterocycles. The molecule has 0 saturated carbocycles. The van der Waals surface area contributed by atoms with Crippen LogP contribution >= 0.6 is 0 Å². The predicted molar refractivity (Wildman–Crippen MR) is 71.0 cm³/mol. The number of halogens is 2. The molecule has 1 aliphatic rings. The molecule has 0 aromatic heterocycles. The lowest BCUT2D eigenvalue weighted by molar-refractivity contribution is 0.164. The van der Waals surface area contributed by atoms with Crippen LogP contribution in [0.2, 0.25) is 0 Å². The van der Waals surface area contributed by atoms with E-state index in [1.54, 1.807) is 0 Å². The largest absolute Gasteiger partial charge is 0.387 e. The summed E-state index contributed by atoms with van der Waals surface area (Å²) in [5.41, 5.74) is 0.0299. The fourth-order valence-corrected chi connectivity index (χ4v) is 3.75. The Hall–Kier alpha value is -1.05. The Morgan fingerprint density at radius 2 is 1.95 bits per heavy atom. The number of nitrogens with one attached hydrogen (secondary N) is 1. The zero-order valence-electron chi connectivity index (χ0n) is 10.9. The summed E-state index contributed by atoms with van der Waals surface area (Å²) < 4.78 is 48.8. The molecule has 1 unspecified atom stereocenters. The van der Waals surface area contributed by atoms with Gasteiger partial charge in [0.2, 0.25) is 0 Å². The fraction of sp³-hybridized carbons (Fsp3) is 0.538. The van der Waals surface area contributed by atoms with Crippen molar-refractivity contribution in [2.75, 3.05) is 18.1 Å². The van der Waals surface area contributed by atoms with Crippen molar-refractivity contribution in [2.24, 2.45) is 0 Å². The average molecular weight is 305 g/mol. The van der Waals surface area contributed by atoms with E-state index in [0.717, 1.165) is 12.1 Å². The zero-order chi connectivity index (χ0) is 14.8. The minimum absolute atomic E-state index is 0.00307. The van der Waals surface area contributed by atoms with E-state index < -0.39 is 27.6 Å². The van der Waals surface area contributed by atoms with Gasteiger partial charge in [0.05, 0.1) is 17.6 Å². The Morgan fingerprint density at radius 3 is 2.55 bits per heavy atom. The first kappa shape index (κ1) is 15.3. The van der Waals surface area contributed by atoms with Gasteiger partial charge >= 0.3 is 0 Å². The first-order valence-electron chi connectivity index (χ1n) is 6.44. The maximum Gasteiger partial charge on any atom is 0.150 e. The van der Waals surface area contributed by atoms with Crippen molar-refractivity contribution in [3.05, 3.63) is 35.4 Å². The maximum absolute atomic E-state index is 13.5. The maximum atomic E-state index is 13.5. The van der Waals surface area contributed by atoms with Gasteiger partial charge < -0.3 is 10.4 Å². The third-order valence-electron chi connectivity index (χ3n) is 3.48. The molecule has 0 radical (unpaired) electrons. The monoisotopic (exact) mass is 305 g/mol. The molecule has 1 aliphatic heterocycles. The van der Waals surface area contributed by atoms with E-state index in [9.17, 15) is 22.3 Å². The van der Waals surface area contributed by atoms with E-state index >= 15 is 0 Å². The first-order chi connectivity index (χ1) is 9.37. The van der Waals surface area contributed by atoms with E-state index in [1.807, 2.05) is 0 Å². The Morgan fingerprint density at radius 1 is 1.30 bits per heavy atom. The van der Waals surface area contributed by atoms with E-state index in [2.05, 4.69) is 5.32 Å². The number of hydrogen-bond acceptors (Lipinski definition) is 4. The van der Waals surface area contributed by atoms with Crippen molar-refractivity contribution in [3.8, 4) is 0 Å². The van der Waals surface area contributed by atoms with Gasteiger partial charge in [-0.25, -0.2) is 17.2 Å². The minimum atomic E-state index is -2.92. The number of benzene rings is 1. The summed E-state index contributed by atoms with van der Waals surface area (Å²) in [6.07, 6.45) is -0.115. The molecule has 2 rings (SSSR count). The Labute approximate surface area is 116 Å². The Bertz CT molecular complexity index is 563. The van der Waals surface area contributed by atoms with Gasteiger partial charge in [-0.1, -0.05) is 6.07 Å². The van der Waals surface area contributed by atoms with Gasteiger partial charge in [0, 0.05) is 24.2 Å². The van der Waals surface area contributed by atoms with Crippen LogP contribution < -0.4 is 5.32 Å². The summed E-state index contributed by atoms with van der Waals surface area (Å²) in [5.74, 6) is -1.22. The normalized spacial score (nSPS) is 20.8. The van der Waals surface area contributed by atoms with Crippen molar-refractivity contribution in [3.63, 3.8) is 0 Å². The molecule has 4 nitrogen and oxygen atoms in total. The predicted octanol–water partition coefficient (Wildman–Crippen LogP) is 1.17. The van der Waals surface area contributed by atoms with Gasteiger partial charge in [-0.2, -0.15) is 0 Å². The molecule has 0 aliphatic carbocycles. The van der Waals surface area contributed by atoms with E-state index in [4.69, 9.17) is 0 Å². The lowest BCUT2D eigenvalue weighted by atomic mass is 10.1. The third kappa shape index (κ3) is 3.97. The summed E-state index contributed by atoms with van der Waals surface area (Å²) in [5, 5.41) is 12.9. The summed E-state index contributed by atoms with van der Waals surface area (Å²) in [6, 6.07) is 3.03. The topological polar surface area (TPSA) is 66.4 Å². The number of aliphatic hydroxyl groups is 1. The molecule has 1 fully saturated rings. The van der Waals surface area contributed by atoms with Crippen molar-refractivity contribution >= 4 is 9.84 Å². The second-order valence-corrected chi connectivity index (χ2v) is 7.32. The SMILES string of the molecule is O=S1(=O)CCC(NCC(O)c2ccc(F)cc2F)CC1. The van der Waals surface area contributed by atoms with Gasteiger partial charge in [-0.3, -0.25) is 0 Å². The lowest BCUT2D eigenvalue weighted by Gasteiger charge is -2.24.